The molecule has 0 unspecified atom stereocenters. The molecule has 4 aromatic rings. The van der Waals surface area contributed by atoms with Crippen LogP contribution in [0.2, 0.25) is 0 Å². The van der Waals surface area contributed by atoms with Crippen LogP contribution in [-0.4, -0.2) is 18.6 Å². The lowest BCUT2D eigenvalue weighted by Crippen LogP contribution is -2.23. The molecule has 0 atom stereocenters. The molecule has 0 amide bonds. The van der Waals surface area contributed by atoms with Crippen molar-refractivity contribution in [2.45, 2.75) is 26.6 Å². The van der Waals surface area contributed by atoms with Gasteiger partial charge in [0, 0.05) is 11.4 Å². The SMILES string of the molecule is Cc1ccc(S(=O)(=O)c2ccc(Sc3ccccn3)c3c2no[n+]3[O-])cc1. The third kappa shape index (κ3) is 3.15. The van der Waals surface area contributed by atoms with Crippen molar-refractivity contribution in [3.05, 3.63) is 71.6 Å². The Labute approximate surface area is 159 Å². The molecule has 7 nitrogen and oxygen atoms in total. The maximum atomic E-state index is 13.0. The Hall–Kier alpha value is -2.91. The fourth-order valence-corrected chi connectivity index (χ4v) is 4.86. The summed E-state index contributed by atoms with van der Waals surface area (Å²) < 4.78 is 30.7. The minimum atomic E-state index is -3.86. The highest BCUT2D eigenvalue weighted by molar-refractivity contribution is 7.99. The Bertz CT molecular complexity index is 1220. The second-order valence-corrected chi connectivity index (χ2v) is 8.76. The van der Waals surface area contributed by atoms with Crippen molar-refractivity contribution in [2.24, 2.45) is 0 Å². The molecule has 4 rings (SSSR count). The Morgan fingerprint density at radius 1 is 1.07 bits per heavy atom. The molecule has 0 spiro atoms. The zero-order valence-corrected chi connectivity index (χ0v) is 15.7. The fourth-order valence-electron chi connectivity index (χ4n) is 2.59. The number of nitrogens with zero attached hydrogens (tertiary/aromatic N) is 3. The van der Waals surface area contributed by atoms with Crippen LogP contribution >= 0.6 is 11.8 Å². The maximum Gasteiger partial charge on any atom is 0.268 e. The van der Waals surface area contributed by atoms with Crippen molar-refractivity contribution >= 4 is 32.6 Å². The third-order valence-electron chi connectivity index (χ3n) is 3.94. The van der Waals surface area contributed by atoms with E-state index in [2.05, 4.69) is 10.1 Å². The van der Waals surface area contributed by atoms with Crippen LogP contribution in [0.5, 0.6) is 0 Å². The highest BCUT2D eigenvalue weighted by Gasteiger charge is 2.29. The zero-order valence-electron chi connectivity index (χ0n) is 14.1. The summed E-state index contributed by atoms with van der Waals surface area (Å²) in [7, 11) is -3.86. The summed E-state index contributed by atoms with van der Waals surface area (Å²) in [5, 5.41) is 16.5. The van der Waals surface area contributed by atoms with E-state index in [4.69, 9.17) is 4.63 Å². The standard InChI is InChI=1S/C18H13N3O4S2/c1-12-5-7-13(8-6-12)27(23,24)15-10-9-14(18-17(15)20-25-21(18)22)26-16-4-2-3-11-19-16/h2-11H,1H3. The summed E-state index contributed by atoms with van der Waals surface area (Å²) in [6.45, 7) is 1.87. The van der Waals surface area contributed by atoms with E-state index < -0.39 is 9.84 Å². The van der Waals surface area contributed by atoms with E-state index in [0.29, 0.717) is 9.92 Å². The summed E-state index contributed by atoms with van der Waals surface area (Å²) in [6.07, 6.45) is 1.63. The van der Waals surface area contributed by atoms with E-state index in [0.717, 1.165) is 5.56 Å². The van der Waals surface area contributed by atoms with Gasteiger partial charge in [-0.1, -0.05) is 35.5 Å². The lowest BCUT2D eigenvalue weighted by Gasteiger charge is -2.06. The van der Waals surface area contributed by atoms with E-state index in [1.54, 1.807) is 36.5 Å². The molecule has 0 bridgehead atoms. The van der Waals surface area contributed by atoms with Crippen LogP contribution in [0.3, 0.4) is 0 Å². The normalized spacial score (nSPS) is 11.7. The molecule has 0 radical (unpaired) electrons. The van der Waals surface area contributed by atoms with E-state index in [9.17, 15) is 13.6 Å². The molecule has 0 aliphatic heterocycles. The Morgan fingerprint density at radius 3 is 2.56 bits per heavy atom. The first-order chi connectivity index (χ1) is 13.0. The van der Waals surface area contributed by atoms with Crippen LogP contribution < -0.4 is 4.90 Å². The van der Waals surface area contributed by atoms with E-state index >= 15 is 0 Å². The largest absolute Gasteiger partial charge is 0.359 e. The second-order valence-electron chi connectivity index (χ2n) is 5.78. The van der Waals surface area contributed by atoms with E-state index in [1.165, 1.54) is 30.0 Å². The summed E-state index contributed by atoms with van der Waals surface area (Å²) in [6, 6.07) is 14.9. The Balaban J connectivity index is 1.87. The number of rotatable bonds is 4. The Kier molecular flexibility index (Phi) is 4.33. The molecule has 2 aromatic carbocycles. The van der Waals surface area contributed by atoms with E-state index in [-0.39, 0.29) is 25.7 Å². The lowest BCUT2D eigenvalue weighted by atomic mass is 10.2. The summed E-state index contributed by atoms with van der Waals surface area (Å²) in [4.78, 5) is 4.97. The molecule has 0 aliphatic rings. The number of hydrogen-bond donors (Lipinski definition) is 0. The third-order valence-corrected chi connectivity index (χ3v) is 6.74. The van der Waals surface area contributed by atoms with Crippen molar-refractivity contribution in [2.75, 3.05) is 0 Å². The van der Waals surface area contributed by atoms with E-state index in [1.807, 2.05) is 13.0 Å². The molecule has 0 saturated heterocycles. The molecule has 0 saturated carbocycles. The second kappa shape index (κ2) is 6.67. The average Bonchev–Trinajstić information content (AvgIpc) is 3.05. The van der Waals surface area contributed by atoms with Gasteiger partial charge in [-0.3, -0.25) is 4.63 Å². The minimum Gasteiger partial charge on any atom is -0.359 e. The number of aromatic nitrogens is 3. The van der Waals surface area contributed by atoms with Gasteiger partial charge in [-0.2, -0.15) is 0 Å². The topological polar surface area (TPSA) is 100 Å². The molecule has 2 heterocycles. The molecular formula is C18H13N3O4S2. The van der Waals surface area contributed by atoms with Crippen LogP contribution in [0.1, 0.15) is 5.56 Å². The summed E-state index contributed by atoms with van der Waals surface area (Å²) in [5.74, 6) is 0. The number of benzene rings is 2. The van der Waals surface area contributed by atoms with Crippen LogP contribution in [0.15, 0.2) is 85.1 Å². The van der Waals surface area contributed by atoms with Crippen LogP contribution in [0, 0.1) is 12.1 Å². The molecule has 9 heteroatoms. The predicted molar refractivity (Wildman–Crippen MR) is 98.0 cm³/mol. The van der Waals surface area contributed by atoms with Crippen LogP contribution in [0.4, 0.5) is 0 Å². The van der Waals surface area contributed by atoms with Gasteiger partial charge in [0.15, 0.2) is 0 Å². The smallest absolute Gasteiger partial charge is 0.268 e. The van der Waals surface area contributed by atoms with Gasteiger partial charge in [0.05, 0.1) is 9.79 Å². The minimum absolute atomic E-state index is 0.00786. The maximum absolute atomic E-state index is 13.0. The zero-order chi connectivity index (χ0) is 19.0. The number of pyridine rings is 1. The molecule has 0 fully saturated rings. The van der Waals surface area contributed by atoms with Gasteiger partial charge in [-0.15, -0.1) is 0 Å². The number of sulfone groups is 1. The molecule has 2 aromatic heterocycles. The van der Waals surface area contributed by atoms with Gasteiger partial charge in [-0.25, -0.2) is 13.4 Å². The molecular weight excluding hydrogens is 386 g/mol. The highest BCUT2D eigenvalue weighted by Crippen LogP contribution is 2.34. The van der Waals surface area contributed by atoms with Gasteiger partial charge < -0.3 is 5.21 Å². The monoisotopic (exact) mass is 399 g/mol. The summed E-state index contributed by atoms with van der Waals surface area (Å²) >= 11 is 1.23. The Morgan fingerprint density at radius 2 is 1.85 bits per heavy atom. The first-order valence-electron chi connectivity index (χ1n) is 7.90. The fraction of sp³-hybridized carbons (Fsp3) is 0.0556. The van der Waals surface area contributed by atoms with Crippen LogP contribution in [-0.2, 0) is 9.84 Å². The van der Waals surface area contributed by atoms with Crippen molar-refractivity contribution in [1.82, 2.24) is 10.1 Å². The number of fused-ring (bicyclic) bond motifs is 1. The van der Waals surface area contributed by atoms with Crippen molar-refractivity contribution in [3.63, 3.8) is 0 Å². The first-order valence-corrected chi connectivity index (χ1v) is 10.2. The van der Waals surface area contributed by atoms with Gasteiger partial charge in [0.1, 0.15) is 9.92 Å². The van der Waals surface area contributed by atoms with Gasteiger partial charge in [-0.05, 0) is 48.2 Å². The summed E-state index contributed by atoms with van der Waals surface area (Å²) in [5.41, 5.74) is 0.991. The predicted octanol–water partition coefficient (Wildman–Crippen LogP) is 3.15. The van der Waals surface area contributed by atoms with Crippen LogP contribution in [0.25, 0.3) is 11.0 Å². The van der Waals surface area contributed by atoms with Crippen molar-refractivity contribution < 1.29 is 17.9 Å². The first kappa shape index (κ1) is 17.5. The highest BCUT2D eigenvalue weighted by atomic mass is 32.2. The molecule has 136 valence electrons. The molecule has 0 N–H and O–H groups in total. The lowest BCUT2D eigenvalue weighted by molar-refractivity contribution is -0.783. The number of aryl methyl sites for hydroxylation is 1. The molecule has 0 aliphatic carbocycles. The molecule has 27 heavy (non-hydrogen) atoms. The van der Waals surface area contributed by atoms with Crippen molar-refractivity contribution in [3.8, 4) is 0 Å². The average molecular weight is 399 g/mol. The quantitative estimate of drug-likeness (QED) is 0.486. The van der Waals surface area contributed by atoms with Gasteiger partial charge >= 0.3 is 0 Å². The number of hydrogen-bond acceptors (Lipinski definition) is 7. The van der Waals surface area contributed by atoms with Gasteiger partial charge in [0.2, 0.25) is 15.4 Å². The van der Waals surface area contributed by atoms with Crippen molar-refractivity contribution in [1.29, 1.82) is 0 Å². The van der Waals surface area contributed by atoms with Gasteiger partial charge in [0.25, 0.3) is 5.52 Å².